The van der Waals surface area contributed by atoms with E-state index >= 15 is 0 Å². The van der Waals surface area contributed by atoms with Crippen molar-refractivity contribution in [3.63, 3.8) is 0 Å². The molecular formula is C11H20N6. The van der Waals surface area contributed by atoms with Crippen molar-refractivity contribution in [3.8, 4) is 0 Å². The van der Waals surface area contributed by atoms with E-state index in [0.717, 1.165) is 31.9 Å². The summed E-state index contributed by atoms with van der Waals surface area (Å²) < 4.78 is 0. The lowest BCUT2D eigenvalue weighted by molar-refractivity contribution is 0.0872. The normalized spacial score (nSPS) is 20.4. The zero-order chi connectivity index (χ0) is 12.1. The monoisotopic (exact) mass is 236 g/mol. The van der Waals surface area contributed by atoms with Crippen LogP contribution in [0, 0.1) is 0 Å². The minimum absolute atomic E-state index is 0.0707. The fourth-order valence-corrected chi connectivity index (χ4v) is 1.90. The van der Waals surface area contributed by atoms with E-state index in [9.17, 15) is 0 Å². The van der Waals surface area contributed by atoms with Crippen molar-refractivity contribution in [2.45, 2.75) is 6.04 Å². The maximum atomic E-state index is 5.79. The van der Waals surface area contributed by atoms with Gasteiger partial charge in [0.15, 0.2) is 0 Å². The molecule has 0 saturated carbocycles. The predicted molar refractivity (Wildman–Crippen MR) is 66.0 cm³/mol. The Bertz CT molecular complexity index is 322. The quantitative estimate of drug-likeness (QED) is 0.715. The first-order valence-electron chi connectivity index (χ1n) is 5.95. The lowest BCUT2D eigenvalue weighted by Crippen LogP contribution is -2.52. The number of likely N-dealkylation sites (N-methyl/N-ethyl adjacent to an activating group) is 1. The third kappa shape index (κ3) is 3.44. The molecule has 0 radical (unpaired) electrons. The summed E-state index contributed by atoms with van der Waals surface area (Å²) in [6.07, 6.45) is 3.31. The molecule has 3 N–H and O–H groups in total. The highest BCUT2D eigenvalue weighted by Gasteiger charge is 2.18. The van der Waals surface area contributed by atoms with Gasteiger partial charge in [0.25, 0.3) is 0 Å². The van der Waals surface area contributed by atoms with E-state index < -0.39 is 0 Å². The van der Waals surface area contributed by atoms with Crippen molar-refractivity contribution in [1.29, 1.82) is 0 Å². The van der Waals surface area contributed by atoms with Crippen LogP contribution in [0.1, 0.15) is 11.7 Å². The van der Waals surface area contributed by atoms with Gasteiger partial charge in [0.05, 0.1) is 11.7 Å². The second-order valence-corrected chi connectivity index (χ2v) is 4.34. The first kappa shape index (κ1) is 12.4. The zero-order valence-corrected chi connectivity index (χ0v) is 10.2. The van der Waals surface area contributed by atoms with Crippen LogP contribution in [0.15, 0.2) is 18.6 Å². The minimum Gasteiger partial charge on any atom is -0.328 e. The van der Waals surface area contributed by atoms with Crippen LogP contribution in [0.5, 0.6) is 0 Å². The molecule has 6 heteroatoms. The molecule has 1 atom stereocenters. The number of nitrogens with two attached hydrogens (primary N) is 1. The Morgan fingerprint density at radius 2 is 2.18 bits per heavy atom. The van der Waals surface area contributed by atoms with Gasteiger partial charge in [-0.2, -0.15) is 0 Å². The highest BCUT2D eigenvalue weighted by molar-refractivity contribution is 5.04. The van der Waals surface area contributed by atoms with E-state index in [2.05, 4.69) is 32.4 Å². The second kappa shape index (κ2) is 6.02. The Hall–Kier alpha value is -1.08. The second-order valence-electron chi connectivity index (χ2n) is 4.34. The number of aromatic nitrogens is 2. The summed E-state index contributed by atoms with van der Waals surface area (Å²) in [6, 6.07) is 1.97. The Morgan fingerprint density at radius 3 is 2.76 bits per heavy atom. The van der Waals surface area contributed by atoms with Gasteiger partial charge in [-0.1, -0.05) is 0 Å². The van der Waals surface area contributed by atoms with Crippen molar-refractivity contribution in [2.75, 3.05) is 39.8 Å². The Balaban J connectivity index is 1.92. The van der Waals surface area contributed by atoms with E-state index in [1.807, 2.05) is 6.07 Å². The first-order chi connectivity index (χ1) is 8.29. The molecule has 0 aliphatic carbocycles. The summed E-state index contributed by atoms with van der Waals surface area (Å²) in [7, 11) is 2.14. The van der Waals surface area contributed by atoms with Gasteiger partial charge in [-0.05, 0) is 13.1 Å². The molecule has 1 aromatic rings. The van der Waals surface area contributed by atoms with Crippen LogP contribution in [0.3, 0.4) is 0 Å². The van der Waals surface area contributed by atoms with Crippen molar-refractivity contribution < 1.29 is 0 Å². The summed E-state index contributed by atoms with van der Waals surface area (Å²) in [6.45, 7) is 4.71. The molecule has 1 unspecified atom stereocenters. The van der Waals surface area contributed by atoms with Crippen molar-refractivity contribution in [1.82, 2.24) is 25.3 Å². The SMILES string of the molecule is CN1CCN(NC(CN)c2ccncn2)CC1. The van der Waals surface area contributed by atoms with E-state index in [1.165, 1.54) is 0 Å². The summed E-state index contributed by atoms with van der Waals surface area (Å²) in [5, 5.41) is 2.22. The molecule has 0 bridgehead atoms. The molecule has 0 spiro atoms. The van der Waals surface area contributed by atoms with Gasteiger partial charge >= 0.3 is 0 Å². The molecule has 6 nitrogen and oxygen atoms in total. The van der Waals surface area contributed by atoms with Crippen LogP contribution in [-0.4, -0.2) is 59.6 Å². The summed E-state index contributed by atoms with van der Waals surface area (Å²) in [5.41, 5.74) is 10.2. The van der Waals surface area contributed by atoms with Crippen molar-refractivity contribution in [3.05, 3.63) is 24.3 Å². The van der Waals surface area contributed by atoms with Crippen LogP contribution < -0.4 is 11.2 Å². The first-order valence-corrected chi connectivity index (χ1v) is 5.95. The smallest absolute Gasteiger partial charge is 0.115 e. The van der Waals surface area contributed by atoms with Gasteiger partial charge in [0, 0.05) is 38.9 Å². The number of rotatable bonds is 4. The van der Waals surface area contributed by atoms with Gasteiger partial charge in [-0.3, -0.25) is 0 Å². The molecule has 0 aromatic carbocycles. The van der Waals surface area contributed by atoms with Gasteiger partial charge in [-0.25, -0.2) is 20.4 Å². The fraction of sp³-hybridized carbons (Fsp3) is 0.636. The van der Waals surface area contributed by atoms with Crippen LogP contribution in [0.4, 0.5) is 0 Å². The lowest BCUT2D eigenvalue weighted by atomic mass is 10.2. The molecule has 1 aliphatic heterocycles. The molecule has 0 amide bonds. The van der Waals surface area contributed by atoms with E-state index in [4.69, 9.17) is 5.73 Å². The zero-order valence-electron chi connectivity index (χ0n) is 10.2. The largest absolute Gasteiger partial charge is 0.328 e. The Kier molecular flexibility index (Phi) is 4.38. The number of nitrogens with one attached hydrogen (secondary N) is 1. The molecule has 1 aromatic heterocycles. The lowest BCUT2D eigenvalue weighted by Gasteiger charge is -2.35. The highest BCUT2D eigenvalue weighted by atomic mass is 15.5. The molecule has 1 fully saturated rings. The highest BCUT2D eigenvalue weighted by Crippen LogP contribution is 2.08. The van der Waals surface area contributed by atoms with Gasteiger partial charge in [0.1, 0.15) is 6.33 Å². The van der Waals surface area contributed by atoms with Crippen molar-refractivity contribution >= 4 is 0 Å². The topological polar surface area (TPSA) is 70.3 Å². The maximum Gasteiger partial charge on any atom is 0.115 e. The van der Waals surface area contributed by atoms with Crippen LogP contribution in [0.2, 0.25) is 0 Å². The number of nitrogens with zero attached hydrogens (tertiary/aromatic N) is 4. The third-order valence-corrected chi connectivity index (χ3v) is 3.04. The van der Waals surface area contributed by atoms with Crippen molar-refractivity contribution in [2.24, 2.45) is 5.73 Å². The van der Waals surface area contributed by atoms with E-state index in [-0.39, 0.29) is 6.04 Å². The average Bonchev–Trinajstić information content (AvgIpc) is 2.39. The number of hydrazine groups is 1. The molecule has 94 valence electrons. The van der Waals surface area contributed by atoms with Crippen LogP contribution >= 0.6 is 0 Å². The van der Waals surface area contributed by atoms with Gasteiger partial charge in [-0.15, -0.1) is 0 Å². The molecule has 17 heavy (non-hydrogen) atoms. The number of piperazine rings is 1. The standard InChI is InChI=1S/C11H20N6/c1-16-4-6-17(7-5-16)15-11(8-12)10-2-3-13-9-14-10/h2-3,9,11,15H,4-8,12H2,1H3. The van der Waals surface area contributed by atoms with Crippen LogP contribution in [0.25, 0.3) is 0 Å². The Labute approximate surface area is 102 Å². The summed E-state index contributed by atoms with van der Waals surface area (Å²) in [5.74, 6) is 0. The average molecular weight is 236 g/mol. The van der Waals surface area contributed by atoms with Gasteiger partial charge in [0.2, 0.25) is 0 Å². The van der Waals surface area contributed by atoms with Crippen LogP contribution in [-0.2, 0) is 0 Å². The molecule has 2 heterocycles. The van der Waals surface area contributed by atoms with E-state index in [0.29, 0.717) is 6.54 Å². The minimum atomic E-state index is 0.0707. The fourth-order valence-electron chi connectivity index (χ4n) is 1.90. The predicted octanol–water partition coefficient (Wildman–Crippen LogP) is -0.772. The number of hydrogen-bond donors (Lipinski definition) is 2. The molecule has 1 aliphatic rings. The summed E-state index contributed by atoms with van der Waals surface area (Å²) >= 11 is 0. The summed E-state index contributed by atoms with van der Waals surface area (Å²) in [4.78, 5) is 10.5. The molecule has 2 rings (SSSR count). The maximum absolute atomic E-state index is 5.79. The third-order valence-electron chi connectivity index (χ3n) is 3.04. The number of hydrogen-bond acceptors (Lipinski definition) is 6. The molecular weight excluding hydrogens is 216 g/mol. The van der Waals surface area contributed by atoms with Gasteiger partial charge < -0.3 is 10.6 Å². The van der Waals surface area contributed by atoms with E-state index in [1.54, 1.807) is 12.5 Å². The molecule has 1 saturated heterocycles. The Morgan fingerprint density at radius 1 is 1.41 bits per heavy atom.